The van der Waals surface area contributed by atoms with Gasteiger partial charge in [-0.25, -0.2) is 4.98 Å². The van der Waals surface area contributed by atoms with E-state index in [9.17, 15) is 23.3 Å². The molecule has 1 amide bonds. The summed E-state index contributed by atoms with van der Waals surface area (Å²) in [6.07, 6.45) is 1.87. The number of para-hydroxylation sites is 1. The molecule has 116 valence electrons. The zero-order valence-electron chi connectivity index (χ0n) is 11.0. The molecule has 9 nitrogen and oxygen atoms in total. The molecule has 2 aromatic rings. The summed E-state index contributed by atoms with van der Waals surface area (Å²) in [6.45, 7) is 0. The maximum atomic E-state index is 12.1. The summed E-state index contributed by atoms with van der Waals surface area (Å²) in [5, 5.41) is 12.7. The first kappa shape index (κ1) is 15.9. The number of carbonyl (C=O) groups is 1. The maximum absolute atomic E-state index is 12.1. The minimum atomic E-state index is -3.80. The van der Waals surface area contributed by atoms with E-state index < -0.39 is 20.9 Å². The summed E-state index contributed by atoms with van der Waals surface area (Å²) in [7, 11) is -3.80. The van der Waals surface area contributed by atoms with Gasteiger partial charge in [0, 0.05) is 0 Å². The number of rotatable bonds is 5. The van der Waals surface area contributed by atoms with Crippen LogP contribution in [0.2, 0.25) is 0 Å². The third kappa shape index (κ3) is 3.99. The molecule has 11 heteroatoms. The second-order valence-electron chi connectivity index (χ2n) is 4.00. The van der Waals surface area contributed by atoms with E-state index in [1.165, 1.54) is 24.3 Å². The second kappa shape index (κ2) is 6.07. The van der Waals surface area contributed by atoms with E-state index >= 15 is 0 Å². The van der Waals surface area contributed by atoms with Gasteiger partial charge in [0.05, 0.1) is 16.7 Å². The number of nitrogens with one attached hydrogen (secondary N) is 1. The lowest BCUT2D eigenvalue weighted by molar-refractivity contribution is -0.380. The molecular formula is C11H9N3O6S2. The number of amides is 1. The van der Waals surface area contributed by atoms with Crippen LogP contribution >= 0.6 is 11.3 Å². The van der Waals surface area contributed by atoms with Crippen molar-refractivity contribution in [1.82, 2.24) is 4.98 Å². The van der Waals surface area contributed by atoms with Gasteiger partial charge < -0.3 is 4.18 Å². The monoisotopic (exact) mass is 343 g/mol. The van der Waals surface area contributed by atoms with Crippen LogP contribution in [0.15, 0.2) is 30.5 Å². The summed E-state index contributed by atoms with van der Waals surface area (Å²) in [6, 6.07) is 5.71. The maximum Gasteiger partial charge on any atom is 0.345 e. The molecule has 0 spiro atoms. The summed E-state index contributed by atoms with van der Waals surface area (Å²) in [5.74, 6) is -0.836. The summed E-state index contributed by atoms with van der Waals surface area (Å²) < 4.78 is 27.1. The van der Waals surface area contributed by atoms with Gasteiger partial charge in [-0.3, -0.25) is 20.2 Å². The third-order valence-corrected chi connectivity index (χ3v) is 3.61. The molecule has 0 fully saturated rings. The van der Waals surface area contributed by atoms with E-state index in [1.807, 2.05) is 0 Å². The zero-order chi connectivity index (χ0) is 16.3. The van der Waals surface area contributed by atoms with E-state index in [-0.39, 0.29) is 21.4 Å². The van der Waals surface area contributed by atoms with Gasteiger partial charge in [-0.2, -0.15) is 8.42 Å². The number of hydrogen-bond acceptors (Lipinski definition) is 8. The normalized spacial score (nSPS) is 11.0. The van der Waals surface area contributed by atoms with Gasteiger partial charge in [0.1, 0.15) is 6.20 Å². The highest BCUT2D eigenvalue weighted by atomic mass is 32.2. The lowest BCUT2D eigenvalue weighted by Gasteiger charge is -2.08. The van der Waals surface area contributed by atoms with Crippen LogP contribution in [-0.2, 0) is 10.1 Å². The molecule has 0 unspecified atom stereocenters. The fraction of sp³-hybridized carbons (Fsp3) is 0.0909. The Labute approximate surface area is 128 Å². The molecule has 2 rings (SSSR count). The number of hydrogen-bond donors (Lipinski definition) is 1. The fourth-order valence-electron chi connectivity index (χ4n) is 1.46. The summed E-state index contributed by atoms with van der Waals surface area (Å²) >= 11 is 0.682. The Bertz CT molecular complexity index is 830. The van der Waals surface area contributed by atoms with Crippen molar-refractivity contribution < 1.29 is 22.3 Å². The number of aromatic nitrogens is 1. The molecule has 0 atom stereocenters. The van der Waals surface area contributed by atoms with Crippen LogP contribution in [0.5, 0.6) is 5.75 Å². The number of benzene rings is 1. The molecule has 0 aliphatic heterocycles. The third-order valence-electron chi connectivity index (χ3n) is 2.27. The molecule has 0 saturated heterocycles. The molecule has 0 aliphatic rings. The Morgan fingerprint density at radius 3 is 2.68 bits per heavy atom. The number of nitrogens with zero attached hydrogens (tertiary/aromatic N) is 2. The van der Waals surface area contributed by atoms with Gasteiger partial charge in [0.15, 0.2) is 10.9 Å². The molecular weight excluding hydrogens is 334 g/mol. The molecule has 22 heavy (non-hydrogen) atoms. The van der Waals surface area contributed by atoms with Gasteiger partial charge in [-0.15, -0.1) is 0 Å². The van der Waals surface area contributed by atoms with Crippen molar-refractivity contribution in [2.24, 2.45) is 0 Å². The fourth-order valence-corrected chi connectivity index (χ4v) is 2.56. The average Bonchev–Trinajstić information content (AvgIpc) is 2.86. The van der Waals surface area contributed by atoms with Crippen molar-refractivity contribution in [1.29, 1.82) is 0 Å². The Balaban J connectivity index is 2.24. The van der Waals surface area contributed by atoms with Gasteiger partial charge in [0.2, 0.25) is 0 Å². The Morgan fingerprint density at radius 1 is 1.41 bits per heavy atom. The van der Waals surface area contributed by atoms with Crippen LogP contribution in [0.1, 0.15) is 10.4 Å². The van der Waals surface area contributed by atoms with Gasteiger partial charge in [0.25, 0.3) is 5.91 Å². The van der Waals surface area contributed by atoms with E-state index in [2.05, 4.69) is 10.3 Å². The standard InChI is InChI=1S/C11H9N3O6S2/c1-22(18,19)20-8-5-3-2-4-7(8)10(15)13-11-12-6-9(21-11)14(16)17/h2-6H,1H3,(H,12,13,15). The smallest absolute Gasteiger partial charge is 0.345 e. The quantitative estimate of drug-likeness (QED) is 0.496. The highest BCUT2D eigenvalue weighted by molar-refractivity contribution is 7.86. The summed E-state index contributed by atoms with van der Waals surface area (Å²) in [5.41, 5.74) is -0.0363. The van der Waals surface area contributed by atoms with E-state index in [0.29, 0.717) is 11.3 Å². The van der Waals surface area contributed by atoms with Gasteiger partial charge in [-0.1, -0.05) is 12.1 Å². The highest BCUT2D eigenvalue weighted by Gasteiger charge is 2.18. The van der Waals surface area contributed by atoms with E-state index in [0.717, 1.165) is 12.5 Å². The Kier molecular flexibility index (Phi) is 4.37. The Hall–Kier alpha value is -2.53. The second-order valence-corrected chi connectivity index (χ2v) is 6.58. The first-order chi connectivity index (χ1) is 10.3. The molecule has 1 aromatic heterocycles. The van der Waals surface area contributed by atoms with Crippen LogP contribution < -0.4 is 9.50 Å². The van der Waals surface area contributed by atoms with Crippen molar-refractivity contribution in [2.45, 2.75) is 0 Å². The van der Waals surface area contributed by atoms with Crippen LogP contribution in [0.25, 0.3) is 0 Å². The molecule has 0 radical (unpaired) electrons. The van der Waals surface area contributed by atoms with Crippen molar-refractivity contribution in [3.63, 3.8) is 0 Å². The van der Waals surface area contributed by atoms with Gasteiger partial charge >= 0.3 is 15.1 Å². The molecule has 0 bridgehead atoms. The number of anilines is 1. The molecule has 0 saturated carbocycles. The van der Waals surface area contributed by atoms with Gasteiger partial charge in [-0.05, 0) is 23.5 Å². The molecule has 1 N–H and O–H groups in total. The van der Waals surface area contributed by atoms with Crippen LogP contribution in [0.3, 0.4) is 0 Å². The first-order valence-electron chi connectivity index (χ1n) is 5.66. The Morgan fingerprint density at radius 2 is 2.09 bits per heavy atom. The van der Waals surface area contributed by atoms with E-state index in [1.54, 1.807) is 0 Å². The zero-order valence-corrected chi connectivity index (χ0v) is 12.7. The number of thiazole rings is 1. The molecule has 1 aromatic carbocycles. The number of nitro groups is 1. The lowest BCUT2D eigenvalue weighted by Crippen LogP contribution is -2.15. The summed E-state index contributed by atoms with van der Waals surface area (Å²) in [4.78, 5) is 25.7. The first-order valence-corrected chi connectivity index (χ1v) is 8.29. The van der Waals surface area contributed by atoms with Crippen molar-refractivity contribution in [3.8, 4) is 5.75 Å². The average molecular weight is 343 g/mol. The highest BCUT2D eigenvalue weighted by Crippen LogP contribution is 2.26. The SMILES string of the molecule is CS(=O)(=O)Oc1ccccc1C(=O)Nc1ncc([N+](=O)[O-])s1. The topological polar surface area (TPSA) is 128 Å². The van der Waals surface area contributed by atoms with Crippen molar-refractivity contribution in [2.75, 3.05) is 11.6 Å². The minimum Gasteiger partial charge on any atom is -0.382 e. The minimum absolute atomic E-state index is 0.0193. The van der Waals surface area contributed by atoms with Crippen LogP contribution in [0, 0.1) is 10.1 Å². The molecule has 0 aliphatic carbocycles. The largest absolute Gasteiger partial charge is 0.382 e. The van der Waals surface area contributed by atoms with Crippen LogP contribution in [-0.4, -0.2) is 30.5 Å². The van der Waals surface area contributed by atoms with Crippen molar-refractivity contribution in [3.05, 3.63) is 46.1 Å². The lowest BCUT2D eigenvalue weighted by atomic mass is 10.2. The predicted octanol–water partition coefficient (Wildman–Crippen LogP) is 1.64. The van der Waals surface area contributed by atoms with Crippen molar-refractivity contribution >= 4 is 37.5 Å². The van der Waals surface area contributed by atoms with Crippen LogP contribution in [0.4, 0.5) is 10.1 Å². The van der Waals surface area contributed by atoms with E-state index in [4.69, 9.17) is 4.18 Å². The number of carbonyl (C=O) groups excluding carboxylic acids is 1. The molecule has 1 heterocycles. The predicted molar refractivity (Wildman–Crippen MR) is 78.6 cm³/mol.